The van der Waals surface area contributed by atoms with Gasteiger partial charge in [-0.3, -0.25) is 0 Å². The summed E-state index contributed by atoms with van der Waals surface area (Å²) in [5.74, 6) is 0.934. The van der Waals surface area contributed by atoms with Crippen molar-refractivity contribution in [2.75, 3.05) is 45.6 Å². The Morgan fingerprint density at radius 1 is 0.870 bits per heavy atom. The van der Waals surface area contributed by atoms with E-state index in [1.54, 1.807) is 6.07 Å². The molecule has 1 fully saturated rings. The number of rotatable bonds is 3. The number of hydrogen-bond donors (Lipinski definition) is 0. The van der Waals surface area contributed by atoms with Crippen molar-refractivity contribution in [1.29, 1.82) is 0 Å². The monoisotopic (exact) mass is 362 g/mol. The molecule has 1 saturated heterocycles. The maximum absolute atomic E-state index is 12.7. The van der Waals surface area contributed by atoms with E-state index in [-0.39, 0.29) is 31.1 Å². The van der Waals surface area contributed by atoms with Gasteiger partial charge in [0, 0.05) is 32.2 Å². The molecule has 0 unspecified atom stereocenters. The molecule has 2 aliphatic rings. The SMILES string of the molecule is CS(=O)(=O)N1CCN(S(=O)(=O)c2ccc3c(c2)OCCO3)CC1. The van der Waals surface area contributed by atoms with Gasteiger partial charge >= 0.3 is 0 Å². The van der Waals surface area contributed by atoms with Gasteiger partial charge in [-0.25, -0.2) is 16.8 Å². The molecule has 0 amide bonds. The van der Waals surface area contributed by atoms with Crippen LogP contribution in [0.15, 0.2) is 23.1 Å². The van der Waals surface area contributed by atoms with Crippen LogP contribution in [0.5, 0.6) is 11.5 Å². The summed E-state index contributed by atoms with van der Waals surface area (Å²) in [4.78, 5) is 0.120. The second kappa shape index (κ2) is 5.93. The summed E-state index contributed by atoms with van der Waals surface area (Å²) >= 11 is 0. The third-order valence-corrected chi connectivity index (χ3v) is 7.02. The van der Waals surface area contributed by atoms with Gasteiger partial charge in [0.15, 0.2) is 11.5 Å². The van der Waals surface area contributed by atoms with Gasteiger partial charge in [-0.1, -0.05) is 0 Å². The van der Waals surface area contributed by atoms with Crippen molar-refractivity contribution < 1.29 is 26.3 Å². The molecular weight excluding hydrogens is 344 g/mol. The predicted octanol–water partition coefficient (Wildman–Crippen LogP) is -0.276. The van der Waals surface area contributed by atoms with Crippen LogP contribution in [-0.4, -0.2) is 71.1 Å². The van der Waals surface area contributed by atoms with Crippen molar-refractivity contribution in [2.24, 2.45) is 0 Å². The maximum atomic E-state index is 12.7. The molecule has 0 bridgehead atoms. The number of sulfonamides is 2. The number of benzene rings is 1. The van der Waals surface area contributed by atoms with Crippen molar-refractivity contribution in [3.05, 3.63) is 18.2 Å². The molecule has 0 aliphatic carbocycles. The molecule has 0 aromatic heterocycles. The molecular formula is C13H18N2O6S2. The zero-order valence-corrected chi connectivity index (χ0v) is 14.3. The molecule has 0 spiro atoms. The zero-order valence-electron chi connectivity index (χ0n) is 12.6. The van der Waals surface area contributed by atoms with Crippen molar-refractivity contribution in [3.63, 3.8) is 0 Å². The second-order valence-electron chi connectivity index (χ2n) is 5.37. The largest absolute Gasteiger partial charge is 0.486 e. The van der Waals surface area contributed by atoms with Crippen molar-refractivity contribution in [2.45, 2.75) is 4.90 Å². The first-order valence-corrected chi connectivity index (χ1v) is 10.4. The lowest BCUT2D eigenvalue weighted by Gasteiger charge is -2.32. The van der Waals surface area contributed by atoms with Gasteiger partial charge in [0.1, 0.15) is 13.2 Å². The molecule has 10 heteroatoms. The van der Waals surface area contributed by atoms with E-state index < -0.39 is 20.0 Å². The van der Waals surface area contributed by atoms with Crippen LogP contribution in [-0.2, 0) is 20.0 Å². The molecule has 1 aromatic rings. The maximum Gasteiger partial charge on any atom is 0.243 e. The minimum absolute atomic E-state index is 0.120. The van der Waals surface area contributed by atoms with E-state index in [0.717, 1.165) is 6.26 Å². The summed E-state index contributed by atoms with van der Waals surface area (Å²) in [6.45, 7) is 1.38. The van der Waals surface area contributed by atoms with Gasteiger partial charge in [0.25, 0.3) is 0 Å². The molecule has 0 atom stereocenters. The Morgan fingerprint density at radius 2 is 1.43 bits per heavy atom. The van der Waals surface area contributed by atoms with E-state index >= 15 is 0 Å². The van der Waals surface area contributed by atoms with Gasteiger partial charge in [-0.05, 0) is 12.1 Å². The highest BCUT2D eigenvalue weighted by Crippen LogP contribution is 2.33. The van der Waals surface area contributed by atoms with Crippen LogP contribution in [0.4, 0.5) is 0 Å². The Kier molecular flexibility index (Phi) is 4.25. The molecule has 0 radical (unpaired) electrons. The topological polar surface area (TPSA) is 93.2 Å². The van der Waals surface area contributed by atoms with E-state index in [1.807, 2.05) is 0 Å². The number of hydrogen-bond acceptors (Lipinski definition) is 6. The smallest absolute Gasteiger partial charge is 0.243 e. The van der Waals surface area contributed by atoms with Crippen LogP contribution in [0, 0.1) is 0 Å². The molecule has 8 nitrogen and oxygen atoms in total. The highest BCUT2D eigenvalue weighted by Gasteiger charge is 2.32. The number of fused-ring (bicyclic) bond motifs is 1. The van der Waals surface area contributed by atoms with Crippen LogP contribution in [0.3, 0.4) is 0 Å². The van der Waals surface area contributed by atoms with Crippen molar-refractivity contribution in [3.8, 4) is 11.5 Å². The Balaban J connectivity index is 1.80. The van der Waals surface area contributed by atoms with Gasteiger partial charge in [0.05, 0.1) is 11.2 Å². The molecule has 128 valence electrons. The summed E-state index contributed by atoms with van der Waals surface area (Å²) in [5, 5.41) is 0. The van der Waals surface area contributed by atoms with Crippen LogP contribution in [0.1, 0.15) is 0 Å². The summed E-state index contributed by atoms with van der Waals surface area (Å²) < 4.78 is 61.7. The number of ether oxygens (including phenoxy) is 2. The second-order valence-corrected chi connectivity index (χ2v) is 9.29. The fraction of sp³-hybridized carbons (Fsp3) is 0.538. The quantitative estimate of drug-likeness (QED) is 0.734. The average molecular weight is 362 g/mol. The highest BCUT2D eigenvalue weighted by atomic mass is 32.2. The van der Waals surface area contributed by atoms with Gasteiger partial charge in [0.2, 0.25) is 20.0 Å². The molecule has 2 heterocycles. The molecule has 3 rings (SSSR count). The first-order valence-electron chi connectivity index (χ1n) is 7.13. The fourth-order valence-corrected chi connectivity index (χ4v) is 4.84. The highest BCUT2D eigenvalue weighted by molar-refractivity contribution is 7.89. The Bertz CT molecular complexity index is 798. The molecule has 0 saturated carbocycles. The van der Waals surface area contributed by atoms with Crippen LogP contribution >= 0.6 is 0 Å². The van der Waals surface area contributed by atoms with Crippen LogP contribution in [0.2, 0.25) is 0 Å². The van der Waals surface area contributed by atoms with E-state index in [9.17, 15) is 16.8 Å². The van der Waals surface area contributed by atoms with E-state index in [2.05, 4.69) is 0 Å². The predicted molar refractivity (Wildman–Crippen MR) is 82.6 cm³/mol. The Morgan fingerprint density at radius 3 is 2.04 bits per heavy atom. The van der Waals surface area contributed by atoms with Crippen LogP contribution < -0.4 is 9.47 Å². The molecule has 0 N–H and O–H groups in total. The lowest BCUT2D eigenvalue weighted by Crippen LogP contribution is -2.50. The molecule has 1 aromatic carbocycles. The number of nitrogens with zero attached hydrogens (tertiary/aromatic N) is 2. The summed E-state index contributed by atoms with van der Waals surface area (Å²) in [5.41, 5.74) is 0. The van der Waals surface area contributed by atoms with Crippen molar-refractivity contribution >= 4 is 20.0 Å². The summed E-state index contributed by atoms with van der Waals surface area (Å²) in [6, 6.07) is 4.51. The lowest BCUT2D eigenvalue weighted by atomic mass is 10.3. The average Bonchev–Trinajstić information content (AvgIpc) is 2.53. The van der Waals surface area contributed by atoms with Crippen molar-refractivity contribution in [1.82, 2.24) is 8.61 Å². The lowest BCUT2D eigenvalue weighted by molar-refractivity contribution is 0.171. The standard InChI is InChI=1S/C13H18N2O6S2/c1-22(16,17)14-4-6-15(7-5-14)23(18,19)11-2-3-12-13(10-11)21-9-8-20-12/h2-3,10H,4-9H2,1H3. The summed E-state index contributed by atoms with van der Waals surface area (Å²) in [7, 11) is -6.98. The first kappa shape index (κ1) is 16.5. The van der Waals surface area contributed by atoms with E-state index in [1.165, 1.54) is 20.7 Å². The normalized spacial score (nSPS) is 20.4. The first-order chi connectivity index (χ1) is 10.8. The number of piperazine rings is 1. The summed E-state index contributed by atoms with van der Waals surface area (Å²) in [6.07, 6.45) is 1.12. The van der Waals surface area contributed by atoms with Gasteiger partial charge in [-0.2, -0.15) is 8.61 Å². The Hall–Kier alpha value is -1.36. The van der Waals surface area contributed by atoms with E-state index in [4.69, 9.17) is 9.47 Å². The fourth-order valence-electron chi connectivity index (χ4n) is 2.57. The molecule has 2 aliphatic heterocycles. The minimum Gasteiger partial charge on any atom is -0.486 e. The Labute approximate surface area is 135 Å². The van der Waals surface area contributed by atoms with Crippen LogP contribution in [0.25, 0.3) is 0 Å². The third-order valence-electron chi connectivity index (χ3n) is 3.82. The van der Waals surface area contributed by atoms with Gasteiger partial charge in [-0.15, -0.1) is 0 Å². The van der Waals surface area contributed by atoms with E-state index in [0.29, 0.717) is 24.7 Å². The minimum atomic E-state index is -3.69. The molecule has 23 heavy (non-hydrogen) atoms. The zero-order chi connectivity index (χ0) is 16.7. The third kappa shape index (κ3) is 3.30. The van der Waals surface area contributed by atoms with Gasteiger partial charge < -0.3 is 9.47 Å².